The third kappa shape index (κ3) is 4.93. The predicted octanol–water partition coefficient (Wildman–Crippen LogP) is 13.5. The fourth-order valence-corrected chi connectivity index (χ4v) is 8.55. The number of para-hydroxylation sites is 1. The first-order valence-corrected chi connectivity index (χ1v) is 18.0. The zero-order chi connectivity index (χ0) is 34.9. The van der Waals surface area contributed by atoms with E-state index >= 15 is 0 Å². The number of rotatable bonds is 5. The van der Waals surface area contributed by atoms with Crippen LogP contribution in [0.5, 0.6) is 0 Å². The second-order valence-electron chi connectivity index (χ2n) is 15.2. The van der Waals surface area contributed by atoms with Crippen molar-refractivity contribution < 1.29 is 0 Å². The topological polar surface area (TPSA) is 6.48 Å². The van der Waals surface area contributed by atoms with E-state index in [9.17, 15) is 0 Å². The quantitative estimate of drug-likeness (QED) is 0.182. The van der Waals surface area contributed by atoms with Gasteiger partial charge in [0, 0.05) is 33.6 Å². The lowest BCUT2D eigenvalue weighted by molar-refractivity contribution is 0.631. The van der Waals surface area contributed by atoms with Gasteiger partial charge in [-0.3, -0.25) is 0 Å². The van der Waals surface area contributed by atoms with Gasteiger partial charge in [0.05, 0.1) is 11.4 Å². The average Bonchev–Trinajstić information content (AvgIpc) is 3.39. The molecule has 2 heteroatoms. The second-order valence-corrected chi connectivity index (χ2v) is 15.2. The monoisotopic (exact) mass is 658 g/mol. The van der Waals surface area contributed by atoms with E-state index in [-0.39, 0.29) is 10.8 Å². The summed E-state index contributed by atoms with van der Waals surface area (Å²) in [6.07, 6.45) is 0. The first kappa shape index (κ1) is 31.1. The molecule has 0 aromatic heterocycles. The predicted molar refractivity (Wildman–Crippen MR) is 216 cm³/mol. The zero-order valence-corrected chi connectivity index (χ0v) is 30.0. The van der Waals surface area contributed by atoms with Gasteiger partial charge >= 0.3 is 0 Å². The third-order valence-corrected chi connectivity index (χ3v) is 11.3. The molecule has 0 N–H and O–H groups in total. The van der Waals surface area contributed by atoms with Gasteiger partial charge in [0.25, 0.3) is 0 Å². The van der Waals surface area contributed by atoms with Crippen LogP contribution in [-0.2, 0) is 10.8 Å². The van der Waals surface area contributed by atoms with Crippen LogP contribution in [0.15, 0.2) is 164 Å². The maximum Gasteiger partial charge on any atom is 0.0504 e. The number of benzene rings is 7. The van der Waals surface area contributed by atoms with Gasteiger partial charge in [-0.05, 0) is 112 Å². The molecule has 1 aliphatic heterocycles. The van der Waals surface area contributed by atoms with Gasteiger partial charge in [0.2, 0.25) is 0 Å². The standard InChI is InChI=1S/C49H42N2/c1-33-20-28-46-44(30-33)49(4,5)45-32-38(50(36-16-10-7-11-17-36)37-23-21-35(22-24-37)34-14-8-6-9-15-34)26-29-47(45)51(46)39-25-27-41-40-18-12-13-19-42(40)48(2,3)43(41)31-39/h6-32H,1-5H3. The van der Waals surface area contributed by atoms with Crippen molar-refractivity contribution in [2.75, 3.05) is 9.80 Å². The summed E-state index contributed by atoms with van der Waals surface area (Å²) in [6, 6.07) is 60.3. The molecule has 7 aromatic rings. The summed E-state index contributed by atoms with van der Waals surface area (Å²) in [5.41, 5.74) is 18.6. The van der Waals surface area contributed by atoms with Crippen LogP contribution >= 0.6 is 0 Å². The molecular formula is C49H42N2. The van der Waals surface area contributed by atoms with E-state index in [4.69, 9.17) is 0 Å². The molecule has 0 saturated carbocycles. The molecule has 51 heavy (non-hydrogen) atoms. The Hall–Kier alpha value is -5.86. The lowest BCUT2D eigenvalue weighted by Crippen LogP contribution is -2.31. The Bertz CT molecular complexity index is 2420. The minimum absolute atomic E-state index is 0.0773. The Morgan fingerprint density at radius 1 is 0.412 bits per heavy atom. The fourth-order valence-electron chi connectivity index (χ4n) is 8.55. The number of aryl methyl sites for hydroxylation is 1. The number of hydrogen-bond donors (Lipinski definition) is 0. The minimum Gasteiger partial charge on any atom is -0.310 e. The number of anilines is 6. The lowest BCUT2D eigenvalue weighted by Gasteiger charge is -2.43. The third-order valence-electron chi connectivity index (χ3n) is 11.3. The van der Waals surface area contributed by atoms with Crippen LogP contribution in [0, 0.1) is 6.92 Å². The molecule has 248 valence electrons. The smallest absolute Gasteiger partial charge is 0.0504 e. The number of nitrogens with zero attached hydrogens (tertiary/aromatic N) is 2. The van der Waals surface area contributed by atoms with E-state index in [2.05, 4.69) is 208 Å². The molecule has 0 atom stereocenters. The summed E-state index contributed by atoms with van der Waals surface area (Å²) in [7, 11) is 0. The molecule has 1 aliphatic carbocycles. The van der Waals surface area contributed by atoms with Gasteiger partial charge < -0.3 is 9.80 Å². The van der Waals surface area contributed by atoms with Crippen LogP contribution in [-0.4, -0.2) is 0 Å². The highest BCUT2D eigenvalue weighted by Crippen LogP contribution is 2.56. The minimum atomic E-state index is -0.227. The van der Waals surface area contributed by atoms with Crippen LogP contribution in [0.3, 0.4) is 0 Å². The highest BCUT2D eigenvalue weighted by molar-refractivity contribution is 5.91. The maximum atomic E-state index is 2.50. The molecule has 1 heterocycles. The Morgan fingerprint density at radius 3 is 1.71 bits per heavy atom. The molecule has 9 rings (SSSR count). The molecule has 0 saturated heterocycles. The Labute approximate surface area is 302 Å². The van der Waals surface area contributed by atoms with E-state index < -0.39 is 0 Å². The molecule has 0 fully saturated rings. The van der Waals surface area contributed by atoms with Crippen molar-refractivity contribution >= 4 is 34.1 Å². The largest absolute Gasteiger partial charge is 0.310 e. The molecular weight excluding hydrogens is 617 g/mol. The van der Waals surface area contributed by atoms with Crippen LogP contribution in [0.25, 0.3) is 22.3 Å². The molecule has 0 radical (unpaired) electrons. The lowest BCUT2D eigenvalue weighted by atomic mass is 9.73. The van der Waals surface area contributed by atoms with Crippen LogP contribution in [0.2, 0.25) is 0 Å². The summed E-state index contributed by atoms with van der Waals surface area (Å²) in [4.78, 5) is 4.89. The van der Waals surface area contributed by atoms with Crippen LogP contribution < -0.4 is 9.80 Å². The van der Waals surface area contributed by atoms with E-state index in [1.807, 2.05) is 0 Å². The molecule has 2 aliphatic rings. The summed E-state index contributed by atoms with van der Waals surface area (Å²) in [5, 5.41) is 0. The maximum absolute atomic E-state index is 2.50. The summed E-state index contributed by atoms with van der Waals surface area (Å²) in [6.45, 7) is 11.7. The molecule has 0 amide bonds. The normalized spacial score (nSPS) is 14.6. The Morgan fingerprint density at radius 2 is 0.961 bits per heavy atom. The number of hydrogen-bond acceptors (Lipinski definition) is 2. The van der Waals surface area contributed by atoms with Crippen molar-refractivity contribution in [3.05, 3.63) is 192 Å². The van der Waals surface area contributed by atoms with Crippen LogP contribution in [0.4, 0.5) is 34.1 Å². The average molecular weight is 659 g/mol. The van der Waals surface area contributed by atoms with Crippen LogP contribution in [0.1, 0.15) is 55.5 Å². The molecule has 2 nitrogen and oxygen atoms in total. The molecule has 0 spiro atoms. The van der Waals surface area contributed by atoms with Crippen molar-refractivity contribution in [2.45, 2.75) is 45.4 Å². The van der Waals surface area contributed by atoms with Gasteiger partial charge in [-0.2, -0.15) is 0 Å². The fraction of sp³-hybridized carbons (Fsp3) is 0.143. The second kappa shape index (κ2) is 11.6. The van der Waals surface area contributed by atoms with E-state index in [0.717, 1.165) is 17.1 Å². The van der Waals surface area contributed by atoms with Gasteiger partial charge in [-0.15, -0.1) is 0 Å². The van der Waals surface area contributed by atoms with Gasteiger partial charge in [0.15, 0.2) is 0 Å². The SMILES string of the molecule is Cc1ccc2c(c1)C(C)(C)c1cc(N(c3ccccc3)c3ccc(-c4ccccc4)cc3)ccc1N2c1ccc2c(c1)C(C)(C)c1ccccc1-2. The Kier molecular flexibility index (Phi) is 7.09. The zero-order valence-electron chi connectivity index (χ0n) is 30.0. The van der Waals surface area contributed by atoms with Gasteiger partial charge in [0.1, 0.15) is 0 Å². The van der Waals surface area contributed by atoms with Crippen molar-refractivity contribution in [2.24, 2.45) is 0 Å². The van der Waals surface area contributed by atoms with Crippen molar-refractivity contribution in [3.8, 4) is 22.3 Å². The van der Waals surface area contributed by atoms with Crippen molar-refractivity contribution in [1.82, 2.24) is 0 Å². The van der Waals surface area contributed by atoms with E-state index in [1.165, 1.54) is 67.1 Å². The summed E-state index contributed by atoms with van der Waals surface area (Å²) < 4.78 is 0. The molecule has 0 bridgehead atoms. The first-order valence-electron chi connectivity index (χ1n) is 18.0. The molecule has 7 aromatic carbocycles. The van der Waals surface area contributed by atoms with Crippen molar-refractivity contribution in [1.29, 1.82) is 0 Å². The van der Waals surface area contributed by atoms with E-state index in [0.29, 0.717) is 0 Å². The Balaban J connectivity index is 1.21. The number of fused-ring (bicyclic) bond motifs is 5. The summed E-state index contributed by atoms with van der Waals surface area (Å²) >= 11 is 0. The van der Waals surface area contributed by atoms with Gasteiger partial charge in [-0.1, -0.05) is 136 Å². The van der Waals surface area contributed by atoms with Gasteiger partial charge in [-0.25, -0.2) is 0 Å². The highest BCUT2D eigenvalue weighted by Gasteiger charge is 2.40. The van der Waals surface area contributed by atoms with Crippen molar-refractivity contribution in [3.63, 3.8) is 0 Å². The molecule has 0 unspecified atom stereocenters. The van der Waals surface area contributed by atoms with E-state index in [1.54, 1.807) is 0 Å². The summed E-state index contributed by atoms with van der Waals surface area (Å²) in [5.74, 6) is 0. The first-order chi connectivity index (χ1) is 24.7. The highest BCUT2D eigenvalue weighted by atomic mass is 15.2.